The molecule has 3 N–H and O–H groups in total. The highest BCUT2D eigenvalue weighted by atomic mass is 16.5. The summed E-state index contributed by atoms with van der Waals surface area (Å²) in [4.78, 5) is 25.0. The van der Waals surface area contributed by atoms with E-state index in [0.717, 1.165) is 5.57 Å². The fourth-order valence-corrected chi connectivity index (χ4v) is 5.73. The van der Waals surface area contributed by atoms with Gasteiger partial charge in [0.2, 0.25) is 5.91 Å². The molecule has 4 rings (SSSR count). The van der Waals surface area contributed by atoms with Gasteiger partial charge < -0.3 is 20.3 Å². The van der Waals surface area contributed by atoms with Crippen LogP contribution in [-0.2, 0) is 14.3 Å². The van der Waals surface area contributed by atoms with Crippen molar-refractivity contribution < 1.29 is 24.5 Å². The maximum Gasteiger partial charge on any atom is 0.227 e. The Hall–Kier alpha value is -2.02. The summed E-state index contributed by atoms with van der Waals surface area (Å²) >= 11 is 0. The lowest BCUT2D eigenvalue weighted by molar-refractivity contribution is -0.131. The number of carbonyl (C=O) groups is 2. The van der Waals surface area contributed by atoms with E-state index in [0.29, 0.717) is 6.54 Å². The number of hydrogen-bond acceptors (Lipinski definition) is 5. The van der Waals surface area contributed by atoms with Gasteiger partial charge in [-0.15, -0.1) is 0 Å². The molecule has 0 bridgehead atoms. The van der Waals surface area contributed by atoms with E-state index in [1.54, 1.807) is 0 Å². The Balaban J connectivity index is 1.68. The molecule has 0 radical (unpaired) electrons. The minimum atomic E-state index is -0.751. The van der Waals surface area contributed by atoms with Gasteiger partial charge >= 0.3 is 0 Å². The summed E-state index contributed by atoms with van der Waals surface area (Å²) in [7, 11) is 0. The lowest BCUT2D eigenvalue weighted by atomic mass is 9.60. The van der Waals surface area contributed by atoms with E-state index in [9.17, 15) is 19.8 Å². The minimum absolute atomic E-state index is 0.0234. The molecule has 2 fully saturated rings. The average molecular weight is 428 g/mol. The molecule has 1 amide bonds. The van der Waals surface area contributed by atoms with Crippen LogP contribution in [0.15, 0.2) is 48.1 Å². The number of amides is 1. The van der Waals surface area contributed by atoms with Crippen molar-refractivity contribution >= 4 is 11.7 Å². The molecule has 1 saturated carbocycles. The largest absolute Gasteiger partial charge is 0.392 e. The van der Waals surface area contributed by atoms with Crippen molar-refractivity contribution in [2.24, 2.45) is 29.6 Å². The summed E-state index contributed by atoms with van der Waals surface area (Å²) in [6, 6.07) is 0. The van der Waals surface area contributed by atoms with E-state index in [4.69, 9.17) is 4.74 Å². The van der Waals surface area contributed by atoms with Crippen LogP contribution in [0, 0.1) is 29.6 Å². The number of nitrogens with one attached hydrogen (secondary N) is 1. The van der Waals surface area contributed by atoms with E-state index < -0.39 is 18.3 Å². The number of hydrogen-bond donors (Lipinski definition) is 3. The fraction of sp³-hybridized carbons (Fsp3) is 0.600. The molecule has 9 atom stereocenters. The van der Waals surface area contributed by atoms with Crippen molar-refractivity contribution in [3.05, 3.63) is 48.1 Å². The summed E-state index contributed by atoms with van der Waals surface area (Å²) in [5.41, 5.74) is 1.15. The van der Waals surface area contributed by atoms with Crippen LogP contribution in [-0.4, -0.2) is 52.9 Å². The van der Waals surface area contributed by atoms with Gasteiger partial charge in [-0.3, -0.25) is 9.59 Å². The molecule has 4 aliphatic rings. The fourth-order valence-electron chi connectivity index (χ4n) is 5.73. The topological polar surface area (TPSA) is 95.9 Å². The molecule has 6 heteroatoms. The van der Waals surface area contributed by atoms with Gasteiger partial charge in [0, 0.05) is 43.1 Å². The number of aliphatic hydroxyl groups excluding tert-OH is 2. The number of Topliss-reactive ketones (excluding diaryl/α,β-unsaturated/α-hetero) is 1. The smallest absolute Gasteiger partial charge is 0.227 e. The first-order valence-electron chi connectivity index (χ1n) is 11.3. The highest BCUT2D eigenvalue weighted by Crippen LogP contribution is 2.53. The zero-order chi connectivity index (χ0) is 22.1. The van der Waals surface area contributed by atoms with Crippen molar-refractivity contribution in [2.45, 2.75) is 57.5 Å². The van der Waals surface area contributed by atoms with Crippen LogP contribution in [0.4, 0.5) is 0 Å². The quantitative estimate of drug-likeness (QED) is 0.406. The second-order valence-corrected chi connectivity index (χ2v) is 9.53. The standard InChI is InChI=1S/C25H33NO5/c1-14-6-4-3-5-7-15(2)17-8-9-18-19(28)12-20(29)25-24(18)23(17)21(31-25)10-16(27)11-22(30)26-13-14/h3-9,14,17-21,23-25,28-29H,10-13H2,1-2H3,(H,26,30)/b5-3-,6-4-,15-7-/t14-,17+,18-,19-,20+,21-,23-,24+,25+/m0/s1. The summed E-state index contributed by atoms with van der Waals surface area (Å²) < 4.78 is 6.28. The molecule has 0 aromatic rings. The Morgan fingerprint density at radius 1 is 1.03 bits per heavy atom. The van der Waals surface area contributed by atoms with Crippen LogP contribution in [0.25, 0.3) is 0 Å². The molecule has 6 nitrogen and oxygen atoms in total. The first-order chi connectivity index (χ1) is 14.8. The van der Waals surface area contributed by atoms with Crippen LogP contribution in [0.5, 0.6) is 0 Å². The van der Waals surface area contributed by atoms with Crippen LogP contribution in [0.1, 0.15) is 33.1 Å². The number of ether oxygens (including phenoxy) is 1. The van der Waals surface area contributed by atoms with Gasteiger partial charge in [0.25, 0.3) is 0 Å². The Labute approximate surface area is 183 Å². The normalized spacial score (nSPS) is 47.1. The average Bonchev–Trinajstić information content (AvgIpc) is 3.09. The number of ketones is 1. The van der Waals surface area contributed by atoms with Crippen molar-refractivity contribution in [1.29, 1.82) is 0 Å². The molecule has 168 valence electrons. The Bertz CT molecular complexity index is 828. The van der Waals surface area contributed by atoms with Crippen LogP contribution >= 0.6 is 0 Å². The lowest BCUT2D eigenvalue weighted by Gasteiger charge is -2.44. The van der Waals surface area contributed by atoms with Crippen LogP contribution < -0.4 is 5.32 Å². The zero-order valence-corrected chi connectivity index (χ0v) is 18.2. The summed E-state index contributed by atoms with van der Waals surface area (Å²) in [5.74, 6) is -0.367. The SMILES string of the molecule is C/C1=C/C=C\C=C/[C@H](C)CNC(=O)CC(=O)C[C@@H]2O[C@H]3[C@@H]4[C@@H](C=C[C@H]1[C@H]42)[C@@H](O)C[C@H]3O. The van der Waals surface area contributed by atoms with Gasteiger partial charge in [-0.2, -0.15) is 0 Å². The molecular weight excluding hydrogens is 394 g/mol. The monoisotopic (exact) mass is 427 g/mol. The van der Waals surface area contributed by atoms with Gasteiger partial charge in [-0.05, 0) is 12.8 Å². The third-order valence-corrected chi connectivity index (χ3v) is 7.25. The maximum absolute atomic E-state index is 12.7. The van der Waals surface area contributed by atoms with Gasteiger partial charge in [0.05, 0.1) is 30.8 Å². The van der Waals surface area contributed by atoms with Crippen LogP contribution in [0.3, 0.4) is 0 Å². The van der Waals surface area contributed by atoms with E-state index in [1.807, 2.05) is 31.2 Å². The second kappa shape index (κ2) is 9.23. The van der Waals surface area contributed by atoms with E-state index in [1.165, 1.54) is 0 Å². The second-order valence-electron chi connectivity index (χ2n) is 9.53. The lowest BCUT2D eigenvalue weighted by Crippen LogP contribution is -2.50. The predicted octanol–water partition coefficient (Wildman–Crippen LogP) is 2.09. The number of aliphatic hydroxyl groups is 2. The van der Waals surface area contributed by atoms with E-state index >= 15 is 0 Å². The van der Waals surface area contributed by atoms with Gasteiger partial charge in [0.15, 0.2) is 0 Å². The minimum Gasteiger partial charge on any atom is -0.392 e. The highest BCUT2D eigenvalue weighted by molar-refractivity contribution is 5.98. The zero-order valence-electron chi connectivity index (χ0n) is 18.2. The molecule has 0 spiro atoms. The highest BCUT2D eigenvalue weighted by Gasteiger charge is 2.58. The molecule has 0 aromatic carbocycles. The number of allylic oxidation sites excluding steroid dienone is 6. The molecule has 0 unspecified atom stereocenters. The van der Waals surface area contributed by atoms with Crippen molar-refractivity contribution in [2.75, 3.05) is 6.54 Å². The van der Waals surface area contributed by atoms with Gasteiger partial charge in [-0.1, -0.05) is 55.0 Å². The third-order valence-electron chi connectivity index (χ3n) is 7.25. The molecular formula is C25H33NO5. The van der Waals surface area contributed by atoms with Crippen molar-refractivity contribution in [3.63, 3.8) is 0 Å². The molecule has 0 aromatic heterocycles. The van der Waals surface area contributed by atoms with E-state index in [2.05, 4.69) is 30.5 Å². The maximum atomic E-state index is 12.7. The number of rotatable bonds is 0. The van der Waals surface area contributed by atoms with Crippen molar-refractivity contribution in [1.82, 2.24) is 5.32 Å². The number of carbonyl (C=O) groups excluding carboxylic acids is 2. The third kappa shape index (κ3) is 4.61. The molecule has 1 saturated heterocycles. The Morgan fingerprint density at radius 3 is 2.65 bits per heavy atom. The Kier molecular flexibility index (Phi) is 6.60. The van der Waals surface area contributed by atoms with Crippen LogP contribution in [0.2, 0.25) is 0 Å². The first-order valence-corrected chi connectivity index (χ1v) is 11.3. The molecule has 2 aliphatic carbocycles. The first kappa shape index (κ1) is 22.2. The molecule has 2 heterocycles. The predicted molar refractivity (Wildman–Crippen MR) is 117 cm³/mol. The van der Waals surface area contributed by atoms with Crippen molar-refractivity contribution in [3.8, 4) is 0 Å². The Morgan fingerprint density at radius 2 is 1.84 bits per heavy atom. The van der Waals surface area contributed by atoms with Gasteiger partial charge in [0.1, 0.15) is 5.78 Å². The summed E-state index contributed by atoms with van der Waals surface area (Å²) in [6.07, 6.45) is 12.4. The van der Waals surface area contributed by atoms with E-state index in [-0.39, 0.29) is 66.6 Å². The van der Waals surface area contributed by atoms with Gasteiger partial charge in [-0.25, -0.2) is 0 Å². The molecule has 2 aliphatic heterocycles. The summed E-state index contributed by atoms with van der Waals surface area (Å²) in [6.45, 7) is 4.57. The molecule has 31 heavy (non-hydrogen) atoms. The summed E-state index contributed by atoms with van der Waals surface area (Å²) in [5, 5.41) is 24.0.